The van der Waals surface area contributed by atoms with E-state index in [-0.39, 0.29) is 5.60 Å². The van der Waals surface area contributed by atoms with Crippen LogP contribution in [0.25, 0.3) is 0 Å². The Morgan fingerprint density at radius 1 is 1.35 bits per heavy atom. The molecule has 3 rings (SSSR count). The van der Waals surface area contributed by atoms with Gasteiger partial charge in [-0.2, -0.15) is 0 Å². The molecular weight excluding hydrogens is 278 g/mol. The molecule has 0 bridgehead atoms. The van der Waals surface area contributed by atoms with E-state index in [9.17, 15) is 0 Å². The summed E-state index contributed by atoms with van der Waals surface area (Å²) in [5.74, 6) is 0. The molecule has 92 valence electrons. The van der Waals surface area contributed by atoms with Gasteiger partial charge in [-0.3, -0.25) is 0 Å². The van der Waals surface area contributed by atoms with Crippen molar-refractivity contribution >= 4 is 21.6 Å². The Hall–Kier alpha value is -0.540. The number of rotatable bonds is 2. The minimum Gasteiger partial charge on any atom is -0.382 e. The van der Waals surface area contributed by atoms with E-state index in [1.165, 1.54) is 31.4 Å². The van der Waals surface area contributed by atoms with Gasteiger partial charge in [-0.15, -0.1) is 0 Å². The first-order valence-electron chi connectivity index (χ1n) is 6.42. The Balaban J connectivity index is 1.65. The maximum absolute atomic E-state index is 5.94. The van der Waals surface area contributed by atoms with Gasteiger partial charge < -0.3 is 10.1 Å². The number of hydrogen-bond acceptors (Lipinski definition) is 2. The number of hydrogen-bond donors (Lipinski definition) is 1. The highest BCUT2D eigenvalue weighted by atomic mass is 79.9. The van der Waals surface area contributed by atoms with Gasteiger partial charge in [0.15, 0.2) is 0 Å². The van der Waals surface area contributed by atoms with Crippen molar-refractivity contribution in [1.82, 2.24) is 0 Å². The maximum atomic E-state index is 5.94. The average molecular weight is 296 g/mol. The predicted molar refractivity (Wildman–Crippen MR) is 73.3 cm³/mol. The van der Waals surface area contributed by atoms with Gasteiger partial charge in [-0.05, 0) is 50.3 Å². The SMILES string of the molecule is Brc1cccc(NC2CCOC3(CCC3)C2)c1. The number of ether oxygens (including phenoxy) is 1. The molecule has 1 aliphatic carbocycles. The summed E-state index contributed by atoms with van der Waals surface area (Å²) in [7, 11) is 0. The van der Waals surface area contributed by atoms with Gasteiger partial charge in [0.05, 0.1) is 5.60 Å². The Morgan fingerprint density at radius 3 is 2.94 bits per heavy atom. The zero-order valence-corrected chi connectivity index (χ0v) is 11.5. The predicted octanol–water partition coefficient (Wildman–Crippen LogP) is 3.96. The van der Waals surface area contributed by atoms with Gasteiger partial charge in [-0.1, -0.05) is 22.0 Å². The first kappa shape index (κ1) is 11.5. The minimum absolute atomic E-state index is 0.224. The normalized spacial score (nSPS) is 26.5. The van der Waals surface area contributed by atoms with Crippen molar-refractivity contribution in [2.24, 2.45) is 0 Å². The van der Waals surface area contributed by atoms with Crippen LogP contribution < -0.4 is 5.32 Å². The topological polar surface area (TPSA) is 21.3 Å². The van der Waals surface area contributed by atoms with Crippen molar-refractivity contribution in [2.45, 2.75) is 43.7 Å². The molecule has 1 aromatic carbocycles. The zero-order chi connectivity index (χ0) is 11.7. The molecule has 17 heavy (non-hydrogen) atoms. The van der Waals surface area contributed by atoms with Crippen LogP contribution in [0, 0.1) is 0 Å². The second-order valence-corrected chi connectivity index (χ2v) is 6.15. The Labute approximate surface area is 111 Å². The van der Waals surface area contributed by atoms with Crippen molar-refractivity contribution in [3.8, 4) is 0 Å². The molecule has 1 atom stereocenters. The van der Waals surface area contributed by atoms with Crippen LogP contribution in [0.4, 0.5) is 5.69 Å². The first-order valence-corrected chi connectivity index (χ1v) is 7.21. The van der Waals surface area contributed by atoms with Gasteiger partial charge in [0.2, 0.25) is 0 Å². The molecule has 1 saturated heterocycles. The molecule has 1 unspecified atom stereocenters. The van der Waals surface area contributed by atoms with Crippen molar-refractivity contribution in [2.75, 3.05) is 11.9 Å². The van der Waals surface area contributed by atoms with Crippen molar-refractivity contribution in [1.29, 1.82) is 0 Å². The lowest BCUT2D eigenvalue weighted by Gasteiger charge is -2.47. The molecule has 1 spiro atoms. The summed E-state index contributed by atoms with van der Waals surface area (Å²) in [6, 6.07) is 8.97. The fourth-order valence-corrected chi connectivity index (χ4v) is 3.28. The molecule has 0 aromatic heterocycles. The average Bonchev–Trinajstić information content (AvgIpc) is 2.27. The highest BCUT2D eigenvalue weighted by Crippen LogP contribution is 2.42. The molecule has 2 fully saturated rings. The van der Waals surface area contributed by atoms with Gasteiger partial charge in [0, 0.05) is 22.8 Å². The van der Waals surface area contributed by atoms with Crippen LogP contribution in [0.2, 0.25) is 0 Å². The van der Waals surface area contributed by atoms with E-state index in [1.54, 1.807) is 0 Å². The summed E-state index contributed by atoms with van der Waals surface area (Å²) in [5, 5.41) is 3.64. The van der Waals surface area contributed by atoms with Crippen LogP contribution in [-0.2, 0) is 4.74 Å². The summed E-state index contributed by atoms with van der Waals surface area (Å²) in [6.07, 6.45) is 6.13. The summed E-state index contributed by atoms with van der Waals surface area (Å²) in [5.41, 5.74) is 1.43. The maximum Gasteiger partial charge on any atom is 0.0702 e. The molecule has 1 heterocycles. The lowest BCUT2D eigenvalue weighted by molar-refractivity contribution is -0.130. The lowest BCUT2D eigenvalue weighted by atomic mass is 9.74. The number of benzene rings is 1. The molecule has 0 amide bonds. The molecule has 1 aromatic rings. The summed E-state index contributed by atoms with van der Waals surface area (Å²) >= 11 is 3.51. The van der Waals surface area contributed by atoms with E-state index in [2.05, 4.69) is 45.5 Å². The van der Waals surface area contributed by atoms with E-state index in [0.717, 1.165) is 17.5 Å². The third-order valence-electron chi connectivity index (χ3n) is 3.95. The molecule has 2 nitrogen and oxygen atoms in total. The highest BCUT2D eigenvalue weighted by molar-refractivity contribution is 9.10. The Morgan fingerprint density at radius 2 is 2.24 bits per heavy atom. The number of halogens is 1. The molecule has 1 saturated carbocycles. The Bertz CT molecular complexity index is 403. The summed E-state index contributed by atoms with van der Waals surface area (Å²) in [4.78, 5) is 0. The van der Waals surface area contributed by atoms with Crippen LogP contribution in [0.5, 0.6) is 0 Å². The minimum atomic E-state index is 0.224. The zero-order valence-electron chi connectivity index (χ0n) is 9.92. The fraction of sp³-hybridized carbons (Fsp3) is 0.571. The number of anilines is 1. The van der Waals surface area contributed by atoms with Gasteiger partial charge in [-0.25, -0.2) is 0 Å². The van der Waals surface area contributed by atoms with Crippen molar-refractivity contribution in [3.63, 3.8) is 0 Å². The third-order valence-corrected chi connectivity index (χ3v) is 4.45. The van der Waals surface area contributed by atoms with Crippen LogP contribution in [0.15, 0.2) is 28.7 Å². The second-order valence-electron chi connectivity index (χ2n) is 5.23. The number of nitrogens with one attached hydrogen (secondary N) is 1. The van der Waals surface area contributed by atoms with Crippen molar-refractivity contribution in [3.05, 3.63) is 28.7 Å². The molecule has 1 aliphatic heterocycles. The van der Waals surface area contributed by atoms with Crippen LogP contribution in [-0.4, -0.2) is 18.2 Å². The van der Waals surface area contributed by atoms with E-state index in [1.807, 2.05) is 0 Å². The molecule has 1 N–H and O–H groups in total. The van der Waals surface area contributed by atoms with Crippen LogP contribution in [0.1, 0.15) is 32.1 Å². The van der Waals surface area contributed by atoms with E-state index in [0.29, 0.717) is 6.04 Å². The van der Waals surface area contributed by atoms with Gasteiger partial charge in [0.25, 0.3) is 0 Å². The van der Waals surface area contributed by atoms with Crippen LogP contribution >= 0.6 is 15.9 Å². The third kappa shape index (κ3) is 2.50. The van der Waals surface area contributed by atoms with Crippen molar-refractivity contribution < 1.29 is 4.74 Å². The smallest absolute Gasteiger partial charge is 0.0702 e. The molecule has 2 aliphatic rings. The fourth-order valence-electron chi connectivity index (χ4n) is 2.88. The van der Waals surface area contributed by atoms with E-state index >= 15 is 0 Å². The van der Waals surface area contributed by atoms with E-state index in [4.69, 9.17) is 4.74 Å². The largest absolute Gasteiger partial charge is 0.382 e. The molecule has 0 radical (unpaired) electrons. The molecular formula is C14H18BrNO. The van der Waals surface area contributed by atoms with Crippen LogP contribution in [0.3, 0.4) is 0 Å². The summed E-state index contributed by atoms with van der Waals surface area (Å²) < 4.78 is 7.08. The molecule has 3 heteroatoms. The Kier molecular flexibility index (Phi) is 3.14. The second kappa shape index (κ2) is 4.62. The monoisotopic (exact) mass is 295 g/mol. The first-order chi connectivity index (χ1) is 8.26. The van der Waals surface area contributed by atoms with Gasteiger partial charge >= 0.3 is 0 Å². The van der Waals surface area contributed by atoms with E-state index < -0.39 is 0 Å². The van der Waals surface area contributed by atoms with Gasteiger partial charge in [0.1, 0.15) is 0 Å². The quantitative estimate of drug-likeness (QED) is 0.892. The summed E-state index contributed by atoms with van der Waals surface area (Å²) in [6.45, 7) is 0.908. The highest BCUT2D eigenvalue weighted by Gasteiger charge is 2.42. The standard InChI is InChI=1S/C14H18BrNO/c15-11-3-1-4-12(9-11)16-13-5-8-17-14(10-13)6-2-7-14/h1,3-4,9,13,16H,2,5-8,10H2. The lowest BCUT2D eigenvalue weighted by Crippen LogP contribution is -2.48.